The summed E-state index contributed by atoms with van der Waals surface area (Å²) in [5.41, 5.74) is 5.93. The third-order valence-electron chi connectivity index (χ3n) is 2.91. The lowest BCUT2D eigenvalue weighted by molar-refractivity contribution is -0.121. The molecule has 3 N–H and O–H groups in total. The van der Waals surface area contributed by atoms with Gasteiger partial charge in [0.05, 0.1) is 0 Å². The minimum atomic E-state index is 0.182. The molecule has 3 heteroatoms. The number of carbonyl (C=O) groups is 1. The van der Waals surface area contributed by atoms with Crippen molar-refractivity contribution in [2.24, 2.45) is 11.1 Å². The number of rotatable bonds is 5. The molecule has 0 aliphatic heterocycles. The highest BCUT2D eigenvalue weighted by atomic mass is 16.1. The van der Waals surface area contributed by atoms with Gasteiger partial charge in [0, 0.05) is 18.5 Å². The second-order valence-electron chi connectivity index (χ2n) is 5.18. The number of nitrogens with one attached hydrogen (secondary N) is 1. The lowest BCUT2D eigenvalue weighted by Crippen LogP contribution is -2.28. The van der Waals surface area contributed by atoms with Crippen molar-refractivity contribution in [1.29, 1.82) is 0 Å². The summed E-state index contributed by atoms with van der Waals surface area (Å²) < 4.78 is 0. The van der Waals surface area contributed by atoms with Crippen molar-refractivity contribution >= 4 is 5.91 Å². The highest BCUT2D eigenvalue weighted by molar-refractivity contribution is 5.76. The van der Waals surface area contributed by atoms with Crippen LogP contribution in [0.5, 0.6) is 0 Å². The first-order valence-corrected chi connectivity index (χ1v) is 5.47. The molecule has 2 unspecified atom stereocenters. The summed E-state index contributed by atoms with van der Waals surface area (Å²) >= 11 is 0. The van der Waals surface area contributed by atoms with Gasteiger partial charge in [0.2, 0.25) is 5.91 Å². The van der Waals surface area contributed by atoms with E-state index in [1.807, 2.05) is 6.92 Å². The average Bonchev–Trinajstić information content (AvgIpc) is 2.57. The minimum Gasteiger partial charge on any atom is -0.353 e. The first-order chi connectivity index (χ1) is 6.42. The Morgan fingerprint density at radius 1 is 1.64 bits per heavy atom. The average molecular weight is 198 g/mol. The topological polar surface area (TPSA) is 55.1 Å². The molecule has 0 aromatic carbocycles. The lowest BCUT2D eigenvalue weighted by Gasteiger charge is -2.07. The molecule has 1 aliphatic carbocycles. The monoisotopic (exact) mass is 198 g/mol. The smallest absolute Gasteiger partial charge is 0.220 e. The molecule has 1 fully saturated rings. The third kappa shape index (κ3) is 3.66. The van der Waals surface area contributed by atoms with Gasteiger partial charge in [-0.15, -0.1) is 0 Å². The summed E-state index contributed by atoms with van der Waals surface area (Å²) in [6.45, 7) is 6.34. The molecule has 1 rings (SSSR count). The number of nitrogens with two attached hydrogens (primary N) is 1. The van der Waals surface area contributed by atoms with Crippen LogP contribution in [0.25, 0.3) is 0 Å². The molecule has 0 spiro atoms. The Labute approximate surface area is 86.4 Å². The van der Waals surface area contributed by atoms with Crippen LogP contribution >= 0.6 is 0 Å². The zero-order valence-corrected chi connectivity index (χ0v) is 9.47. The van der Waals surface area contributed by atoms with Crippen LogP contribution in [0.15, 0.2) is 0 Å². The van der Waals surface area contributed by atoms with E-state index in [1.165, 1.54) is 0 Å². The van der Waals surface area contributed by atoms with Gasteiger partial charge in [0.1, 0.15) is 0 Å². The summed E-state index contributed by atoms with van der Waals surface area (Å²) in [6, 6.07) is 0.616. The Morgan fingerprint density at radius 3 is 2.64 bits per heavy atom. The van der Waals surface area contributed by atoms with Gasteiger partial charge < -0.3 is 11.1 Å². The van der Waals surface area contributed by atoms with E-state index >= 15 is 0 Å². The van der Waals surface area contributed by atoms with Gasteiger partial charge >= 0.3 is 0 Å². The molecule has 0 aromatic heterocycles. The number of hydrogen-bond donors (Lipinski definition) is 2. The standard InChI is InChI=1S/C11H22N2O/c1-8(12)5-4-6-10(14)13-9-7-11(9,2)3/h8-9H,4-7,12H2,1-3H3,(H,13,14). The van der Waals surface area contributed by atoms with E-state index in [2.05, 4.69) is 19.2 Å². The van der Waals surface area contributed by atoms with E-state index in [0.717, 1.165) is 19.3 Å². The normalized spacial score (nSPS) is 25.6. The van der Waals surface area contributed by atoms with Crippen molar-refractivity contribution in [3.8, 4) is 0 Å². The van der Waals surface area contributed by atoms with E-state index in [1.54, 1.807) is 0 Å². The molecular weight excluding hydrogens is 176 g/mol. The molecule has 1 saturated carbocycles. The zero-order chi connectivity index (χ0) is 10.8. The Bertz CT molecular complexity index is 211. The fraction of sp³-hybridized carbons (Fsp3) is 0.909. The van der Waals surface area contributed by atoms with E-state index < -0.39 is 0 Å². The molecule has 1 aliphatic rings. The largest absolute Gasteiger partial charge is 0.353 e. The third-order valence-corrected chi connectivity index (χ3v) is 2.91. The van der Waals surface area contributed by atoms with Crippen molar-refractivity contribution < 1.29 is 4.79 Å². The van der Waals surface area contributed by atoms with Gasteiger partial charge in [-0.25, -0.2) is 0 Å². The van der Waals surface area contributed by atoms with Gasteiger partial charge in [-0.3, -0.25) is 4.79 Å². The molecule has 0 heterocycles. The highest BCUT2D eigenvalue weighted by Gasteiger charge is 2.46. The first kappa shape index (κ1) is 11.5. The highest BCUT2D eigenvalue weighted by Crippen LogP contribution is 2.44. The fourth-order valence-corrected chi connectivity index (χ4v) is 1.56. The predicted octanol–water partition coefficient (Wildman–Crippen LogP) is 1.42. The van der Waals surface area contributed by atoms with Crippen LogP contribution in [-0.2, 0) is 4.79 Å². The van der Waals surface area contributed by atoms with Crippen molar-refractivity contribution in [3.63, 3.8) is 0 Å². The SMILES string of the molecule is CC(N)CCCC(=O)NC1CC1(C)C. The van der Waals surface area contributed by atoms with Crippen LogP contribution in [0.2, 0.25) is 0 Å². The fourth-order valence-electron chi connectivity index (χ4n) is 1.56. The van der Waals surface area contributed by atoms with Crippen LogP contribution in [0.1, 0.15) is 46.5 Å². The molecule has 14 heavy (non-hydrogen) atoms. The molecule has 3 nitrogen and oxygen atoms in total. The van der Waals surface area contributed by atoms with Gasteiger partial charge in [0.15, 0.2) is 0 Å². The minimum absolute atomic E-state index is 0.182. The van der Waals surface area contributed by atoms with Gasteiger partial charge in [-0.1, -0.05) is 13.8 Å². The van der Waals surface area contributed by atoms with E-state index in [-0.39, 0.29) is 11.9 Å². The van der Waals surface area contributed by atoms with E-state index in [0.29, 0.717) is 17.9 Å². The molecule has 1 amide bonds. The Balaban J connectivity index is 2.06. The molecule has 0 bridgehead atoms. The second kappa shape index (κ2) is 4.30. The lowest BCUT2D eigenvalue weighted by atomic mass is 10.1. The number of amides is 1. The Morgan fingerprint density at radius 2 is 2.21 bits per heavy atom. The van der Waals surface area contributed by atoms with Crippen LogP contribution in [0.3, 0.4) is 0 Å². The maximum atomic E-state index is 11.4. The Hall–Kier alpha value is -0.570. The maximum absolute atomic E-state index is 11.4. The molecule has 0 saturated heterocycles. The summed E-state index contributed by atoms with van der Waals surface area (Å²) in [4.78, 5) is 11.4. The van der Waals surface area contributed by atoms with Crippen molar-refractivity contribution in [1.82, 2.24) is 5.32 Å². The van der Waals surface area contributed by atoms with Crippen molar-refractivity contribution in [3.05, 3.63) is 0 Å². The van der Waals surface area contributed by atoms with Crippen molar-refractivity contribution in [2.45, 2.75) is 58.5 Å². The van der Waals surface area contributed by atoms with Gasteiger partial charge in [-0.2, -0.15) is 0 Å². The summed E-state index contributed by atoms with van der Waals surface area (Å²) in [7, 11) is 0. The first-order valence-electron chi connectivity index (χ1n) is 5.47. The van der Waals surface area contributed by atoms with Crippen LogP contribution < -0.4 is 11.1 Å². The summed E-state index contributed by atoms with van der Waals surface area (Å²) in [5.74, 6) is 0.182. The summed E-state index contributed by atoms with van der Waals surface area (Å²) in [5, 5.41) is 3.04. The molecular formula is C11H22N2O. The molecule has 82 valence electrons. The number of hydrogen-bond acceptors (Lipinski definition) is 2. The van der Waals surface area contributed by atoms with E-state index in [9.17, 15) is 4.79 Å². The molecule has 0 aromatic rings. The van der Waals surface area contributed by atoms with Gasteiger partial charge in [0.25, 0.3) is 0 Å². The predicted molar refractivity (Wildman–Crippen MR) is 57.8 cm³/mol. The number of carbonyl (C=O) groups excluding carboxylic acids is 1. The summed E-state index contributed by atoms with van der Waals surface area (Å²) in [6.07, 6.45) is 3.57. The maximum Gasteiger partial charge on any atom is 0.220 e. The Kier molecular flexibility index (Phi) is 3.53. The van der Waals surface area contributed by atoms with Crippen LogP contribution in [0, 0.1) is 5.41 Å². The van der Waals surface area contributed by atoms with Gasteiger partial charge in [-0.05, 0) is 31.6 Å². The second-order valence-corrected chi connectivity index (χ2v) is 5.18. The molecule has 0 radical (unpaired) electrons. The van der Waals surface area contributed by atoms with Crippen LogP contribution in [-0.4, -0.2) is 18.0 Å². The zero-order valence-electron chi connectivity index (χ0n) is 9.47. The van der Waals surface area contributed by atoms with Crippen molar-refractivity contribution in [2.75, 3.05) is 0 Å². The van der Waals surface area contributed by atoms with Crippen LogP contribution in [0.4, 0.5) is 0 Å². The quantitative estimate of drug-likeness (QED) is 0.702. The van der Waals surface area contributed by atoms with E-state index in [4.69, 9.17) is 5.73 Å². The molecule has 2 atom stereocenters.